The molecule has 20 heavy (non-hydrogen) atoms. The van der Waals surface area contributed by atoms with Crippen molar-refractivity contribution in [2.24, 2.45) is 0 Å². The molecule has 1 atom stereocenters. The predicted molar refractivity (Wildman–Crippen MR) is 86.2 cm³/mol. The third kappa shape index (κ3) is 3.97. The number of anilines is 1. The molecule has 1 aliphatic rings. The van der Waals surface area contributed by atoms with E-state index in [4.69, 9.17) is 10.5 Å². The number of nitrogens with two attached hydrogens (primary N) is 1. The zero-order valence-corrected chi connectivity index (χ0v) is 13.6. The van der Waals surface area contributed by atoms with Gasteiger partial charge in [-0.1, -0.05) is 0 Å². The van der Waals surface area contributed by atoms with Gasteiger partial charge in [-0.3, -0.25) is 0 Å². The van der Waals surface area contributed by atoms with Crippen LogP contribution in [0.5, 0.6) is 5.75 Å². The summed E-state index contributed by atoms with van der Waals surface area (Å²) in [6.45, 7) is 0.450. The summed E-state index contributed by atoms with van der Waals surface area (Å²) in [6, 6.07) is 4.49. The first kappa shape index (κ1) is 15.8. The molecule has 1 unspecified atom stereocenters. The zero-order chi connectivity index (χ0) is 14.6. The summed E-state index contributed by atoms with van der Waals surface area (Å²) in [6.07, 6.45) is 0. The highest BCUT2D eigenvalue weighted by molar-refractivity contribution is 8.06. The molecule has 0 aliphatic carbocycles. The lowest BCUT2D eigenvalue weighted by atomic mass is 10.3. The van der Waals surface area contributed by atoms with Crippen LogP contribution in [0.1, 0.15) is 0 Å². The minimum atomic E-state index is -3.52. The van der Waals surface area contributed by atoms with Crippen LogP contribution in [-0.4, -0.2) is 44.6 Å². The molecule has 0 radical (unpaired) electrons. The molecule has 0 saturated carbocycles. The van der Waals surface area contributed by atoms with Crippen LogP contribution in [0.25, 0.3) is 0 Å². The number of ether oxygens (including phenoxy) is 1. The first-order valence-electron chi connectivity index (χ1n) is 6.15. The van der Waals surface area contributed by atoms with Gasteiger partial charge in [-0.25, -0.2) is 13.1 Å². The average molecular weight is 334 g/mol. The molecule has 1 aromatic carbocycles. The van der Waals surface area contributed by atoms with E-state index in [9.17, 15) is 8.42 Å². The molecule has 112 valence electrons. The molecular weight excluding hydrogens is 316 g/mol. The van der Waals surface area contributed by atoms with E-state index in [0.29, 0.717) is 23.2 Å². The molecule has 8 heteroatoms. The Balaban J connectivity index is 2.04. The fraction of sp³-hybridized carbons (Fsp3) is 0.500. The lowest BCUT2D eigenvalue weighted by Gasteiger charge is -2.21. The molecule has 1 aromatic rings. The number of benzene rings is 1. The number of nitrogens with one attached hydrogen (secondary N) is 1. The number of thioether (sulfide) groups is 2. The van der Waals surface area contributed by atoms with E-state index in [1.165, 1.54) is 19.2 Å². The Labute approximate surface area is 128 Å². The van der Waals surface area contributed by atoms with E-state index in [1.807, 2.05) is 23.5 Å². The van der Waals surface area contributed by atoms with Crippen LogP contribution < -0.4 is 15.2 Å². The quantitative estimate of drug-likeness (QED) is 0.792. The van der Waals surface area contributed by atoms with Gasteiger partial charge in [-0.15, -0.1) is 0 Å². The number of hydrogen-bond acceptors (Lipinski definition) is 6. The van der Waals surface area contributed by atoms with Gasteiger partial charge in [-0.2, -0.15) is 23.5 Å². The van der Waals surface area contributed by atoms with Crippen LogP contribution in [-0.2, 0) is 10.0 Å². The van der Waals surface area contributed by atoms with Crippen LogP contribution in [0, 0.1) is 0 Å². The van der Waals surface area contributed by atoms with Crippen molar-refractivity contribution in [1.29, 1.82) is 0 Å². The molecule has 2 rings (SSSR count). The molecule has 3 N–H and O–H groups in total. The van der Waals surface area contributed by atoms with Gasteiger partial charge in [0.25, 0.3) is 0 Å². The minimum Gasteiger partial charge on any atom is -0.495 e. The Hall–Kier alpha value is -0.570. The van der Waals surface area contributed by atoms with E-state index < -0.39 is 10.0 Å². The second kappa shape index (κ2) is 6.93. The number of nitrogen functional groups attached to an aromatic ring is 1. The molecule has 1 fully saturated rings. The Bertz CT molecular complexity index is 557. The second-order valence-corrected chi connectivity index (χ2v) is 8.65. The predicted octanol–water partition coefficient (Wildman–Crippen LogP) is 1.40. The van der Waals surface area contributed by atoms with Crippen molar-refractivity contribution in [1.82, 2.24) is 4.72 Å². The second-order valence-electron chi connectivity index (χ2n) is 4.32. The van der Waals surface area contributed by atoms with Crippen molar-refractivity contribution in [3.63, 3.8) is 0 Å². The van der Waals surface area contributed by atoms with Gasteiger partial charge < -0.3 is 10.5 Å². The lowest BCUT2D eigenvalue weighted by molar-refractivity contribution is 0.416. The third-order valence-electron chi connectivity index (χ3n) is 2.90. The minimum absolute atomic E-state index is 0.171. The van der Waals surface area contributed by atoms with Crippen molar-refractivity contribution >= 4 is 39.2 Å². The molecule has 1 saturated heterocycles. The molecule has 5 nitrogen and oxygen atoms in total. The van der Waals surface area contributed by atoms with Crippen LogP contribution in [0.3, 0.4) is 0 Å². The molecule has 0 spiro atoms. The van der Waals surface area contributed by atoms with Gasteiger partial charge >= 0.3 is 0 Å². The van der Waals surface area contributed by atoms with Gasteiger partial charge in [0, 0.05) is 29.1 Å². The number of rotatable bonds is 5. The summed E-state index contributed by atoms with van der Waals surface area (Å²) < 4.78 is 32.1. The fourth-order valence-corrected chi connectivity index (χ4v) is 5.65. The first-order valence-corrected chi connectivity index (χ1v) is 9.84. The maximum absolute atomic E-state index is 12.2. The normalized spacial score (nSPS) is 19.8. The van der Waals surface area contributed by atoms with Crippen LogP contribution in [0.15, 0.2) is 23.1 Å². The van der Waals surface area contributed by atoms with E-state index >= 15 is 0 Å². The fourth-order valence-electron chi connectivity index (χ4n) is 1.82. The average Bonchev–Trinajstić information content (AvgIpc) is 2.46. The van der Waals surface area contributed by atoms with E-state index in [-0.39, 0.29) is 4.90 Å². The Morgan fingerprint density at radius 3 is 2.85 bits per heavy atom. The first-order chi connectivity index (χ1) is 9.53. The highest BCUT2D eigenvalue weighted by atomic mass is 32.2. The van der Waals surface area contributed by atoms with Gasteiger partial charge in [0.15, 0.2) is 0 Å². The topological polar surface area (TPSA) is 81.4 Å². The van der Waals surface area contributed by atoms with E-state index in [2.05, 4.69) is 4.72 Å². The maximum Gasteiger partial charge on any atom is 0.240 e. The summed E-state index contributed by atoms with van der Waals surface area (Å²) >= 11 is 3.68. The molecule has 1 heterocycles. The SMILES string of the molecule is COc1ccc(S(=O)(=O)NCC2CSCCS2)cc1N. The third-order valence-corrected chi connectivity index (χ3v) is 7.16. The Kier molecular flexibility index (Phi) is 5.48. The number of sulfonamides is 1. The molecular formula is C12H18N2O3S3. The van der Waals surface area contributed by atoms with Gasteiger partial charge in [0.2, 0.25) is 10.0 Å². The zero-order valence-electron chi connectivity index (χ0n) is 11.2. The Morgan fingerprint density at radius 1 is 1.45 bits per heavy atom. The highest BCUT2D eigenvalue weighted by Gasteiger charge is 2.20. The van der Waals surface area contributed by atoms with Crippen LogP contribution in [0.2, 0.25) is 0 Å². The van der Waals surface area contributed by atoms with Gasteiger partial charge in [-0.05, 0) is 18.2 Å². The van der Waals surface area contributed by atoms with Crippen molar-refractivity contribution < 1.29 is 13.2 Å². The summed E-state index contributed by atoms with van der Waals surface area (Å²) in [5.74, 6) is 3.68. The van der Waals surface area contributed by atoms with Gasteiger partial charge in [0.1, 0.15) is 5.75 Å². The van der Waals surface area contributed by atoms with Crippen LogP contribution in [0.4, 0.5) is 5.69 Å². The van der Waals surface area contributed by atoms with E-state index in [1.54, 1.807) is 6.07 Å². The summed E-state index contributed by atoms with van der Waals surface area (Å²) in [5, 5.41) is 0.333. The molecule has 0 aromatic heterocycles. The number of hydrogen-bond donors (Lipinski definition) is 2. The highest BCUT2D eigenvalue weighted by Crippen LogP contribution is 2.26. The molecule has 1 aliphatic heterocycles. The Morgan fingerprint density at radius 2 is 2.25 bits per heavy atom. The maximum atomic E-state index is 12.2. The van der Waals surface area contributed by atoms with Crippen molar-refractivity contribution in [3.8, 4) is 5.75 Å². The molecule has 0 amide bonds. The summed E-state index contributed by atoms with van der Waals surface area (Å²) in [5.41, 5.74) is 6.06. The van der Waals surface area contributed by atoms with Gasteiger partial charge in [0.05, 0.1) is 17.7 Å². The smallest absolute Gasteiger partial charge is 0.240 e. The van der Waals surface area contributed by atoms with Crippen molar-refractivity contribution in [2.45, 2.75) is 10.1 Å². The molecule has 0 bridgehead atoms. The standard InChI is InChI=1S/C12H18N2O3S3/c1-17-12-3-2-10(6-11(12)13)20(15,16)14-7-9-8-18-4-5-19-9/h2-3,6,9,14H,4-5,7-8,13H2,1H3. The lowest BCUT2D eigenvalue weighted by Crippen LogP contribution is -2.33. The summed E-state index contributed by atoms with van der Waals surface area (Å²) in [4.78, 5) is 0.171. The summed E-state index contributed by atoms with van der Waals surface area (Å²) in [7, 11) is -2.02. The van der Waals surface area contributed by atoms with Crippen LogP contribution >= 0.6 is 23.5 Å². The van der Waals surface area contributed by atoms with Crippen molar-refractivity contribution in [2.75, 3.05) is 36.6 Å². The monoisotopic (exact) mass is 334 g/mol. The largest absolute Gasteiger partial charge is 0.495 e. The van der Waals surface area contributed by atoms with E-state index in [0.717, 1.165) is 17.3 Å². The van der Waals surface area contributed by atoms with Crippen molar-refractivity contribution in [3.05, 3.63) is 18.2 Å². The number of methoxy groups -OCH3 is 1.